The summed E-state index contributed by atoms with van der Waals surface area (Å²) in [6, 6.07) is 2.70. The molecule has 0 aliphatic carbocycles. The fraction of sp³-hybridized carbons (Fsp3) is 0.100. The second-order valence-electron chi connectivity index (χ2n) is 2.71. The number of aliphatic hydroxyl groups is 1. The highest BCUT2D eigenvalue weighted by atomic mass is 16.4. The van der Waals surface area contributed by atoms with Crippen molar-refractivity contribution in [3.05, 3.63) is 34.9 Å². The van der Waals surface area contributed by atoms with E-state index in [0.717, 1.165) is 25.3 Å². The summed E-state index contributed by atoms with van der Waals surface area (Å²) in [7, 11) is 1.00. The van der Waals surface area contributed by atoms with E-state index in [1.807, 2.05) is 0 Å². The Balaban J connectivity index is 0.00000121. The molecule has 0 fully saturated rings. The van der Waals surface area contributed by atoms with E-state index >= 15 is 0 Å². The highest BCUT2D eigenvalue weighted by Gasteiger charge is 2.14. The quantitative estimate of drug-likeness (QED) is 0.602. The zero-order valence-electron chi connectivity index (χ0n) is 8.75. The average Bonchev–Trinajstić information content (AvgIpc) is 2.30. The highest BCUT2D eigenvalue weighted by Crippen LogP contribution is 2.11. The van der Waals surface area contributed by atoms with Gasteiger partial charge in [-0.3, -0.25) is 0 Å². The van der Waals surface area contributed by atoms with E-state index in [1.54, 1.807) is 0 Å². The van der Waals surface area contributed by atoms with Crippen molar-refractivity contribution < 1.29 is 34.8 Å². The summed E-state index contributed by atoms with van der Waals surface area (Å²) in [5.74, 6) is -4.12. The summed E-state index contributed by atoms with van der Waals surface area (Å²) >= 11 is 0. The van der Waals surface area contributed by atoms with Crippen molar-refractivity contribution in [2.24, 2.45) is 0 Å². The van der Waals surface area contributed by atoms with Crippen LogP contribution in [0.5, 0.6) is 0 Å². The van der Waals surface area contributed by atoms with Gasteiger partial charge in [0.15, 0.2) is 0 Å². The molecule has 7 heteroatoms. The van der Waals surface area contributed by atoms with Crippen molar-refractivity contribution in [3.63, 3.8) is 0 Å². The predicted octanol–water partition coefficient (Wildman–Crippen LogP) is 0.390. The number of aromatic carboxylic acids is 3. The van der Waals surface area contributed by atoms with Gasteiger partial charge in [0, 0.05) is 7.11 Å². The lowest BCUT2D eigenvalue weighted by Crippen LogP contribution is -2.07. The Hall–Kier alpha value is -2.41. The number of carboxylic acid groups (broad SMARTS) is 3. The monoisotopic (exact) mass is 242 g/mol. The van der Waals surface area contributed by atoms with Crippen LogP contribution in [-0.2, 0) is 0 Å². The number of hydrogen-bond donors (Lipinski definition) is 4. The number of benzene rings is 1. The Labute approximate surface area is 95.6 Å². The summed E-state index contributed by atoms with van der Waals surface area (Å²) in [5.41, 5.74) is -1.10. The van der Waals surface area contributed by atoms with Gasteiger partial charge in [0.05, 0.1) is 16.7 Å². The molecule has 0 atom stereocenters. The molecule has 0 bridgehead atoms. The van der Waals surface area contributed by atoms with Crippen molar-refractivity contribution in [1.82, 2.24) is 0 Å². The van der Waals surface area contributed by atoms with Crippen LogP contribution in [0.15, 0.2) is 18.2 Å². The molecule has 4 N–H and O–H groups in total. The Morgan fingerprint density at radius 1 is 0.706 bits per heavy atom. The molecule has 0 saturated heterocycles. The molecule has 1 aromatic carbocycles. The van der Waals surface area contributed by atoms with E-state index in [9.17, 15) is 14.4 Å². The molecule has 0 aromatic heterocycles. The first kappa shape index (κ1) is 14.6. The topological polar surface area (TPSA) is 132 Å². The van der Waals surface area contributed by atoms with Crippen molar-refractivity contribution in [1.29, 1.82) is 0 Å². The van der Waals surface area contributed by atoms with E-state index < -0.39 is 17.9 Å². The van der Waals surface area contributed by atoms with Crippen molar-refractivity contribution in [2.45, 2.75) is 0 Å². The standard InChI is InChI=1S/C9H6O6.CH4O/c10-7(11)4-1-5(8(12)13)3-6(2-4)9(14)15;1-2/h1-3H,(H,10,11)(H,12,13)(H,14,15);2H,1H3. The van der Waals surface area contributed by atoms with Crippen molar-refractivity contribution in [2.75, 3.05) is 7.11 Å². The summed E-state index contributed by atoms with van der Waals surface area (Å²) < 4.78 is 0. The van der Waals surface area contributed by atoms with Crippen LogP contribution in [-0.4, -0.2) is 45.4 Å². The first-order chi connectivity index (χ1) is 7.91. The summed E-state index contributed by atoms with van der Waals surface area (Å²) in [6.45, 7) is 0. The molecule has 0 spiro atoms. The van der Waals surface area contributed by atoms with Gasteiger partial charge in [-0.1, -0.05) is 0 Å². The van der Waals surface area contributed by atoms with Crippen LogP contribution in [0.25, 0.3) is 0 Å². The van der Waals surface area contributed by atoms with Crippen molar-refractivity contribution >= 4 is 17.9 Å². The number of aliphatic hydroxyl groups excluding tert-OH is 1. The first-order valence-corrected chi connectivity index (χ1v) is 4.21. The molecular weight excluding hydrogens is 232 g/mol. The molecule has 7 nitrogen and oxygen atoms in total. The minimum absolute atomic E-state index is 0.368. The lowest BCUT2D eigenvalue weighted by Gasteiger charge is -2.00. The molecule has 0 radical (unpaired) electrons. The Bertz CT molecular complexity index is 371. The van der Waals surface area contributed by atoms with E-state index in [4.69, 9.17) is 20.4 Å². The van der Waals surface area contributed by atoms with Crippen LogP contribution in [0.3, 0.4) is 0 Å². The molecule has 17 heavy (non-hydrogen) atoms. The fourth-order valence-electron chi connectivity index (χ4n) is 0.998. The van der Waals surface area contributed by atoms with Gasteiger partial charge in [0.1, 0.15) is 0 Å². The first-order valence-electron chi connectivity index (χ1n) is 4.21. The second-order valence-corrected chi connectivity index (χ2v) is 2.71. The van der Waals surface area contributed by atoms with Gasteiger partial charge in [-0.25, -0.2) is 14.4 Å². The largest absolute Gasteiger partial charge is 0.478 e. The third kappa shape index (κ3) is 3.92. The lowest BCUT2D eigenvalue weighted by atomic mass is 10.1. The molecule has 92 valence electrons. The third-order valence-electron chi connectivity index (χ3n) is 1.67. The van der Waals surface area contributed by atoms with E-state index in [0.29, 0.717) is 0 Å². The smallest absolute Gasteiger partial charge is 0.335 e. The van der Waals surface area contributed by atoms with Crippen LogP contribution >= 0.6 is 0 Å². The van der Waals surface area contributed by atoms with Crippen LogP contribution in [0.2, 0.25) is 0 Å². The van der Waals surface area contributed by atoms with E-state index in [1.165, 1.54) is 0 Å². The molecule has 0 saturated carbocycles. The summed E-state index contributed by atoms with van der Waals surface area (Å²) in [4.78, 5) is 31.7. The Kier molecular flexibility index (Phi) is 5.35. The number of carbonyl (C=O) groups is 3. The average molecular weight is 242 g/mol. The zero-order chi connectivity index (χ0) is 13.6. The van der Waals surface area contributed by atoms with Gasteiger partial charge in [-0.05, 0) is 18.2 Å². The SMILES string of the molecule is CO.O=C(O)c1cc(C(=O)O)cc(C(=O)O)c1. The summed E-state index contributed by atoms with van der Waals surface area (Å²) in [6.07, 6.45) is 0. The molecular formula is C10H10O7. The molecule has 1 rings (SSSR count). The minimum Gasteiger partial charge on any atom is -0.478 e. The molecule has 0 amide bonds. The number of carboxylic acids is 3. The molecule has 0 aliphatic rings. The van der Waals surface area contributed by atoms with Crippen LogP contribution in [0.1, 0.15) is 31.1 Å². The molecule has 0 unspecified atom stereocenters. The van der Waals surface area contributed by atoms with E-state index in [2.05, 4.69) is 0 Å². The highest BCUT2D eigenvalue weighted by molar-refractivity contribution is 5.98. The molecule has 1 aromatic rings. The Morgan fingerprint density at radius 3 is 1.00 bits per heavy atom. The van der Waals surface area contributed by atoms with Gasteiger partial charge in [0.2, 0.25) is 0 Å². The van der Waals surface area contributed by atoms with E-state index in [-0.39, 0.29) is 16.7 Å². The van der Waals surface area contributed by atoms with Crippen LogP contribution in [0, 0.1) is 0 Å². The third-order valence-corrected chi connectivity index (χ3v) is 1.67. The summed E-state index contributed by atoms with van der Waals surface area (Å²) in [5, 5.41) is 32.8. The van der Waals surface area contributed by atoms with Crippen LogP contribution < -0.4 is 0 Å². The minimum atomic E-state index is -1.37. The van der Waals surface area contributed by atoms with Gasteiger partial charge in [-0.2, -0.15) is 0 Å². The molecule has 0 heterocycles. The number of rotatable bonds is 3. The zero-order valence-corrected chi connectivity index (χ0v) is 8.75. The predicted molar refractivity (Wildman–Crippen MR) is 55.5 cm³/mol. The molecule has 0 aliphatic heterocycles. The fourth-order valence-corrected chi connectivity index (χ4v) is 0.998. The number of hydrogen-bond acceptors (Lipinski definition) is 4. The lowest BCUT2D eigenvalue weighted by molar-refractivity contribution is 0.0696. The van der Waals surface area contributed by atoms with Crippen LogP contribution in [0.4, 0.5) is 0 Å². The Morgan fingerprint density at radius 2 is 0.882 bits per heavy atom. The van der Waals surface area contributed by atoms with Gasteiger partial charge >= 0.3 is 17.9 Å². The second kappa shape index (κ2) is 6.23. The maximum absolute atomic E-state index is 10.6. The normalized spacial score (nSPS) is 8.82. The maximum atomic E-state index is 10.6. The van der Waals surface area contributed by atoms with Gasteiger partial charge < -0.3 is 20.4 Å². The maximum Gasteiger partial charge on any atom is 0.335 e. The van der Waals surface area contributed by atoms with Gasteiger partial charge in [0.25, 0.3) is 0 Å². The van der Waals surface area contributed by atoms with Gasteiger partial charge in [-0.15, -0.1) is 0 Å². The van der Waals surface area contributed by atoms with Crippen molar-refractivity contribution in [3.8, 4) is 0 Å².